The Bertz CT molecular complexity index is 1100. The lowest BCUT2D eigenvalue weighted by atomic mass is 9.98. The predicted molar refractivity (Wildman–Crippen MR) is 139 cm³/mol. The molecule has 1 aromatic carbocycles. The molecule has 2 aromatic rings. The van der Waals surface area contributed by atoms with E-state index in [0.29, 0.717) is 0 Å². The molecule has 0 aliphatic carbocycles. The molecule has 204 valence electrons. The van der Waals surface area contributed by atoms with Crippen molar-refractivity contribution in [1.29, 1.82) is 0 Å². The van der Waals surface area contributed by atoms with Gasteiger partial charge >= 0.3 is 5.97 Å². The fourth-order valence-corrected chi connectivity index (χ4v) is 3.96. The molecule has 11 nitrogen and oxygen atoms in total. The molecule has 2 rings (SSSR count). The number of hydrogen-bond acceptors (Lipinski definition) is 6. The highest BCUT2D eigenvalue weighted by Crippen LogP contribution is 2.19. The summed E-state index contributed by atoms with van der Waals surface area (Å²) < 4.78 is 0. The highest BCUT2D eigenvalue weighted by molar-refractivity contribution is 5.94. The van der Waals surface area contributed by atoms with E-state index >= 15 is 0 Å². The van der Waals surface area contributed by atoms with Crippen LogP contribution in [0.5, 0.6) is 0 Å². The summed E-state index contributed by atoms with van der Waals surface area (Å²) in [7, 11) is 0. The van der Waals surface area contributed by atoms with E-state index in [9.17, 15) is 29.4 Å². The van der Waals surface area contributed by atoms with Crippen LogP contribution in [-0.4, -0.2) is 69.2 Å². The van der Waals surface area contributed by atoms with Gasteiger partial charge < -0.3 is 36.9 Å². The van der Waals surface area contributed by atoms with Gasteiger partial charge in [0.25, 0.3) is 0 Å². The van der Waals surface area contributed by atoms with Crippen LogP contribution in [0.25, 0.3) is 10.9 Å². The normalized spacial score (nSPS) is 15.6. The van der Waals surface area contributed by atoms with Gasteiger partial charge in [-0.25, -0.2) is 4.79 Å². The third kappa shape index (κ3) is 8.29. The number of aromatic nitrogens is 1. The number of aliphatic carboxylic acids is 1. The Morgan fingerprint density at radius 1 is 0.919 bits per heavy atom. The molecule has 0 fully saturated rings. The van der Waals surface area contributed by atoms with Gasteiger partial charge in [-0.1, -0.05) is 45.9 Å². The van der Waals surface area contributed by atoms with Crippen LogP contribution in [0.4, 0.5) is 0 Å². The van der Waals surface area contributed by atoms with Crippen molar-refractivity contribution in [2.75, 3.05) is 0 Å². The summed E-state index contributed by atoms with van der Waals surface area (Å²) in [6.45, 7) is 8.55. The monoisotopic (exact) mass is 517 g/mol. The smallest absolute Gasteiger partial charge is 0.326 e. The van der Waals surface area contributed by atoms with Crippen LogP contribution in [0.3, 0.4) is 0 Å². The Hall–Kier alpha value is -3.44. The maximum atomic E-state index is 13.2. The minimum atomic E-state index is -1.22. The third-order valence-corrected chi connectivity index (χ3v) is 6.12. The minimum Gasteiger partial charge on any atom is -0.480 e. The number of nitrogens with two attached hydrogens (primary N) is 1. The van der Waals surface area contributed by atoms with Crippen LogP contribution < -0.4 is 21.7 Å². The van der Waals surface area contributed by atoms with Crippen LogP contribution in [-0.2, 0) is 25.6 Å². The van der Waals surface area contributed by atoms with Crippen molar-refractivity contribution in [3.8, 4) is 0 Å². The van der Waals surface area contributed by atoms with Gasteiger partial charge in [-0.2, -0.15) is 0 Å². The zero-order valence-electron chi connectivity index (χ0n) is 21.9. The van der Waals surface area contributed by atoms with Crippen LogP contribution in [0.1, 0.15) is 46.6 Å². The first-order valence-corrected chi connectivity index (χ1v) is 12.4. The second kappa shape index (κ2) is 13.2. The van der Waals surface area contributed by atoms with E-state index < -0.39 is 54.0 Å². The molecule has 5 unspecified atom stereocenters. The van der Waals surface area contributed by atoms with Gasteiger partial charge in [0.05, 0.1) is 6.10 Å². The van der Waals surface area contributed by atoms with Gasteiger partial charge in [0, 0.05) is 23.5 Å². The van der Waals surface area contributed by atoms with E-state index in [1.54, 1.807) is 20.0 Å². The second-order valence-corrected chi connectivity index (χ2v) is 10.2. The number of rotatable bonds is 13. The quantitative estimate of drug-likeness (QED) is 0.203. The molecule has 0 bridgehead atoms. The number of aromatic amines is 1. The molecule has 0 saturated heterocycles. The Labute approximate surface area is 216 Å². The van der Waals surface area contributed by atoms with E-state index in [2.05, 4.69) is 20.9 Å². The van der Waals surface area contributed by atoms with Gasteiger partial charge in [0.1, 0.15) is 24.2 Å². The van der Waals surface area contributed by atoms with Gasteiger partial charge in [-0.3, -0.25) is 14.4 Å². The standard InChI is InChI=1S/C26H39N5O6/c1-13(2)10-19(29-25(35)22(14(3)4)31-24(34)21(27)15(5)32)23(33)30-20(26(36)37)11-16-12-28-18-9-7-6-8-17(16)18/h6-9,12-15,19-22,28,32H,10-11,27H2,1-5H3,(H,29,35)(H,30,33)(H,31,34)(H,36,37). The largest absolute Gasteiger partial charge is 0.480 e. The number of carbonyl (C=O) groups is 4. The number of carboxylic acids is 1. The van der Waals surface area contributed by atoms with E-state index in [1.807, 2.05) is 38.1 Å². The number of carbonyl (C=O) groups excluding carboxylic acids is 3. The maximum absolute atomic E-state index is 13.2. The number of para-hydroxylation sites is 1. The molecule has 11 heteroatoms. The first kappa shape index (κ1) is 29.8. The topological polar surface area (TPSA) is 187 Å². The SMILES string of the molecule is CC(C)CC(NC(=O)C(NC(=O)C(N)C(C)O)C(C)C)C(=O)NC(Cc1c[nH]c2ccccc12)C(=O)O. The molecule has 0 aliphatic rings. The zero-order chi connectivity index (χ0) is 27.9. The Morgan fingerprint density at radius 3 is 2.11 bits per heavy atom. The van der Waals surface area contributed by atoms with Gasteiger partial charge in [0.2, 0.25) is 17.7 Å². The molecule has 1 aromatic heterocycles. The molecular formula is C26H39N5O6. The molecule has 0 saturated carbocycles. The van der Waals surface area contributed by atoms with Crippen molar-refractivity contribution in [2.45, 2.75) is 77.7 Å². The number of benzene rings is 1. The molecule has 1 heterocycles. The van der Waals surface area contributed by atoms with Gasteiger partial charge in [0.15, 0.2) is 0 Å². The van der Waals surface area contributed by atoms with Crippen LogP contribution >= 0.6 is 0 Å². The maximum Gasteiger partial charge on any atom is 0.326 e. The van der Waals surface area contributed by atoms with E-state index in [0.717, 1.165) is 16.5 Å². The molecule has 5 atom stereocenters. The second-order valence-electron chi connectivity index (χ2n) is 10.2. The number of aliphatic hydroxyl groups is 1. The summed E-state index contributed by atoms with van der Waals surface area (Å²) in [5.41, 5.74) is 7.28. The fraction of sp³-hybridized carbons (Fsp3) is 0.538. The van der Waals surface area contributed by atoms with Crippen molar-refractivity contribution in [2.24, 2.45) is 17.6 Å². The highest BCUT2D eigenvalue weighted by atomic mass is 16.4. The lowest BCUT2D eigenvalue weighted by Gasteiger charge is -2.28. The van der Waals surface area contributed by atoms with Gasteiger partial charge in [-0.05, 0) is 36.8 Å². The lowest BCUT2D eigenvalue weighted by molar-refractivity contribution is -0.142. The number of hydrogen-bond donors (Lipinski definition) is 7. The number of amides is 3. The van der Waals surface area contributed by atoms with Crippen molar-refractivity contribution in [3.05, 3.63) is 36.0 Å². The van der Waals surface area contributed by atoms with Crippen LogP contribution in [0.15, 0.2) is 30.5 Å². The summed E-state index contributed by atoms with van der Waals surface area (Å²) >= 11 is 0. The van der Waals surface area contributed by atoms with E-state index in [-0.39, 0.29) is 24.7 Å². The number of fused-ring (bicyclic) bond motifs is 1. The fourth-order valence-electron chi connectivity index (χ4n) is 3.96. The minimum absolute atomic E-state index is 0.00342. The lowest BCUT2D eigenvalue weighted by Crippen LogP contribution is -2.59. The molecule has 3 amide bonds. The zero-order valence-corrected chi connectivity index (χ0v) is 21.9. The first-order valence-electron chi connectivity index (χ1n) is 12.4. The third-order valence-electron chi connectivity index (χ3n) is 6.12. The number of H-pyrrole nitrogens is 1. The predicted octanol–water partition coefficient (Wildman–Crippen LogP) is 0.660. The highest BCUT2D eigenvalue weighted by Gasteiger charge is 2.32. The average molecular weight is 518 g/mol. The number of aliphatic hydroxyl groups excluding tert-OH is 1. The summed E-state index contributed by atoms with van der Waals surface area (Å²) in [5.74, 6) is -3.48. The van der Waals surface area contributed by atoms with Crippen molar-refractivity contribution < 1.29 is 29.4 Å². The Balaban J connectivity index is 2.18. The summed E-state index contributed by atoms with van der Waals surface area (Å²) in [6.07, 6.45) is 0.909. The van der Waals surface area contributed by atoms with Gasteiger partial charge in [-0.15, -0.1) is 0 Å². The number of nitrogens with one attached hydrogen (secondary N) is 4. The summed E-state index contributed by atoms with van der Waals surface area (Å²) in [4.78, 5) is 53.7. The first-order chi connectivity index (χ1) is 17.3. The molecular weight excluding hydrogens is 478 g/mol. The van der Waals surface area contributed by atoms with Crippen molar-refractivity contribution in [3.63, 3.8) is 0 Å². The molecule has 0 radical (unpaired) electrons. The van der Waals surface area contributed by atoms with Crippen molar-refractivity contribution in [1.82, 2.24) is 20.9 Å². The molecule has 8 N–H and O–H groups in total. The Kier molecular flexibility index (Phi) is 10.6. The summed E-state index contributed by atoms with van der Waals surface area (Å²) in [5, 5.41) is 28.0. The molecule has 0 aliphatic heterocycles. The Morgan fingerprint density at radius 2 is 1.54 bits per heavy atom. The van der Waals surface area contributed by atoms with Crippen molar-refractivity contribution >= 4 is 34.6 Å². The van der Waals surface area contributed by atoms with Crippen LogP contribution in [0.2, 0.25) is 0 Å². The van der Waals surface area contributed by atoms with E-state index in [4.69, 9.17) is 5.73 Å². The molecule has 37 heavy (non-hydrogen) atoms. The molecule has 0 spiro atoms. The van der Waals surface area contributed by atoms with Crippen LogP contribution in [0, 0.1) is 11.8 Å². The van der Waals surface area contributed by atoms with E-state index in [1.165, 1.54) is 6.92 Å². The summed E-state index contributed by atoms with van der Waals surface area (Å²) in [6, 6.07) is 2.98. The average Bonchev–Trinajstić information content (AvgIpc) is 3.22. The number of carboxylic acid groups (broad SMARTS) is 1.